The van der Waals surface area contributed by atoms with E-state index in [0.717, 1.165) is 11.4 Å². The second-order valence-corrected chi connectivity index (χ2v) is 5.28. The number of carbonyl (C=O) groups is 1. The van der Waals surface area contributed by atoms with Crippen LogP contribution in [0.3, 0.4) is 0 Å². The number of hydrogen-bond acceptors (Lipinski definition) is 3. The minimum atomic E-state index is -0.192. The molecule has 1 N–H and O–H groups in total. The Labute approximate surface area is 122 Å². The SMILES string of the molecule is O=C(NCc1cc(C2CC2)ncn1)c1ccccc1Cl. The molecule has 0 bridgehead atoms. The number of rotatable bonds is 4. The van der Waals surface area contributed by atoms with E-state index in [9.17, 15) is 4.79 Å². The van der Waals surface area contributed by atoms with E-state index < -0.39 is 0 Å². The van der Waals surface area contributed by atoms with Crippen molar-refractivity contribution in [2.24, 2.45) is 0 Å². The Balaban J connectivity index is 1.66. The van der Waals surface area contributed by atoms with Crippen LogP contribution in [0.25, 0.3) is 0 Å². The molecule has 4 nitrogen and oxygen atoms in total. The van der Waals surface area contributed by atoms with Crippen LogP contribution in [0.2, 0.25) is 5.02 Å². The van der Waals surface area contributed by atoms with Crippen molar-refractivity contribution in [1.29, 1.82) is 0 Å². The lowest BCUT2D eigenvalue weighted by Crippen LogP contribution is -2.23. The van der Waals surface area contributed by atoms with Gasteiger partial charge in [-0.3, -0.25) is 4.79 Å². The third-order valence-electron chi connectivity index (χ3n) is 3.29. The fourth-order valence-electron chi connectivity index (χ4n) is 2.03. The highest BCUT2D eigenvalue weighted by molar-refractivity contribution is 6.33. The smallest absolute Gasteiger partial charge is 0.253 e. The molecule has 0 unspecified atom stereocenters. The maximum atomic E-state index is 12.0. The van der Waals surface area contributed by atoms with Gasteiger partial charge in [0.1, 0.15) is 6.33 Å². The van der Waals surface area contributed by atoms with Gasteiger partial charge >= 0.3 is 0 Å². The Hall–Kier alpha value is -1.94. The lowest BCUT2D eigenvalue weighted by atomic mass is 10.2. The molecule has 1 fully saturated rings. The minimum Gasteiger partial charge on any atom is -0.346 e. The van der Waals surface area contributed by atoms with Gasteiger partial charge in [-0.1, -0.05) is 23.7 Å². The van der Waals surface area contributed by atoms with Crippen molar-refractivity contribution in [3.8, 4) is 0 Å². The number of halogens is 1. The van der Waals surface area contributed by atoms with Crippen LogP contribution in [0.4, 0.5) is 0 Å². The van der Waals surface area contributed by atoms with E-state index in [1.54, 1.807) is 30.6 Å². The fourth-order valence-corrected chi connectivity index (χ4v) is 2.25. The summed E-state index contributed by atoms with van der Waals surface area (Å²) in [4.78, 5) is 20.5. The third-order valence-corrected chi connectivity index (χ3v) is 3.62. The monoisotopic (exact) mass is 287 g/mol. The molecular formula is C15H14ClN3O. The second-order valence-electron chi connectivity index (χ2n) is 4.87. The van der Waals surface area contributed by atoms with Crippen LogP contribution in [-0.2, 0) is 6.54 Å². The highest BCUT2D eigenvalue weighted by Crippen LogP contribution is 2.38. The van der Waals surface area contributed by atoms with Gasteiger partial charge in [0.15, 0.2) is 0 Å². The number of amides is 1. The quantitative estimate of drug-likeness (QED) is 0.940. The van der Waals surface area contributed by atoms with Gasteiger partial charge in [0.25, 0.3) is 5.91 Å². The highest BCUT2D eigenvalue weighted by atomic mass is 35.5. The molecular weight excluding hydrogens is 274 g/mol. The Morgan fingerprint density at radius 2 is 2.10 bits per heavy atom. The number of aromatic nitrogens is 2. The summed E-state index contributed by atoms with van der Waals surface area (Å²) in [7, 11) is 0. The van der Waals surface area contributed by atoms with Crippen molar-refractivity contribution in [2.45, 2.75) is 25.3 Å². The number of carbonyl (C=O) groups excluding carboxylic acids is 1. The van der Waals surface area contributed by atoms with Crippen LogP contribution in [0.5, 0.6) is 0 Å². The molecule has 0 atom stereocenters. The maximum absolute atomic E-state index is 12.0. The summed E-state index contributed by atoms with van der Waals surface area (Å²) < 4.78 is 0. The van der Waals surface area contributed by atoms with E-state index in [1.807, 2.05) is 6.07 Å². The molecule has 102 valence electrons. The molecule has 0 saturated heterocycles. The molecule has 2 aromatic rings. The normalized spacial score (nSPS) is 14.1. The lowest BCUT2D eigenvalue weighted by molar-refractivity contribution is 0.0950. The first-order chi connectivity index (χ1) is 9.74. The van der Waals surface area contributed by atoms with Gasteiger partial charge in [-0.25, -0.2) is 9.97 Å². The fraction of sp³-hybridized carbons (Fsp3) is 0.267. The van der Waals surface area contributed by atoms with Crippen molar-refractivity contribution in [3.05, 3.63) is 58.6 Å². The third kappa shape index (κ3) is 2.96. The molecule has 20 heavy (non-hydrogen) atoms. The van der Waals surface area contributed by atoms with Crippen molar-refractivity contribution >= 4 is 17.5 Å². The summed E-state index contributed by atoms with van der Waals surface area (Å²) in [5.74, 6) is 0.387. The predicted octanol–water partition coefficient (Wildman–Crippen LogP) is 2.94. The van der Waals surface area contributed by atoms with E-state index in [4.69, 9.17) is 11.6 Å². The van der Waals surface area contributed by atoms with Gasteiger partial charge in [0, 0.05) is 11.6 Å². The second kappa shape index (κ2) is 5.59. The van der Waals surface area contributed by atoms with Crippen LogP contribution < -0.4 is 5.32 Å². The first-order valence-electron chi connectivity index (χ1n) is 6.57. The molecule has 1 aliphatic rings. The molecule has 0 spiro atoms. The van der Waals surface area contributed by atoms with Crippen molar-refractivity contribution in [1.82, 2.24) is 15.3 Å². The Bertz CT molecular complexity index is 641. The zero-order valence-corrected chi connectivity index (χ0v) is 11.6. The molecule has 1 aromatic heterocycles. The molecule has 5 heteroatoms. The van der Waals surface area contributed by atoms with Gasteiger partial charge in [0.2, 0.25) is 0 Å². The van der Waals surface area contributed by atoms with Gasteiger partial charge in [-0.15, -0.1) is 0 Å². The van der Waals surface area contributed by atoms with E-state index in [1.165, 1.54) is 12.8 Å². The maximum Gasteiger partial charge on any atom is 0.253 e. The molecule has 3 rings (SSSR count). The van der Waals surface area contributed by atoms with E-state index in [0.29, 0.717) is 23.0 Å². The van der Waals surface area contributed by atoms with Gasteiger partial charge < -0.3 is 5.32 Å². The lowest BCUT2D eigenvalue weighted by Gasteiger charge is -2.07. The Kier molecular flexibility index (Phi) is 3.65. The van der Waals surface area contributed by atoms with E-state index >= 15 is 0 Å². The zero-order chi connectivity index (χ0) is 13.9. The largest absolute Gasteiger partial charge is 0.346 e. The molecule has 0 aliphatic heterocycles. The minimum absolute atomic E-state index is 0.192. The summed E-state index contributed by atoms with van der Waals surface area (Å²) in [6.07, 6.45) is 3.95. The van der Waals surface area contributed by atoms with Crippen molar-refractivity contribution < 1.29 is 4.79 Å². The topological polar surface area (TPSA) is 54.9 Å². The van der Waals surface area contributed by atoms with Crippen LogP contribution in [0.15, 0.2) is 36.7 Å². The number of nitrogens with zero attached hydrogens (tertiary/aromatic N) is 2. The molecule has 1 saturated carbocycles. The summed E-state index contributed by atoms with van der Waals surface area (Å²) in [6.45, 7) is 0.381. The van der Waals surface area contributed by atoms with Crippen LogP contribution in [0, 0.1) is 0 Å². The predicted molar refractivity (Wildman–Crippen MR) is 76.6 cm³/mol. The highest BCUT2D eigenvalue weighted by Gasteiger charge is 2.25. The molecule has 1 amide bonds. The summed E-state index contributed by atoms with van der Waals surface area (Å²) >= 11 is 5.99. The zero-order valence-electron chi connectivity index (χ0n) is 10.8. The number of hydrogen-bond donors (Lipinski definition) is 1. The summed E-state index contributed by atoms with van der Waals surface area (Å²) in [5.41, 5.74) is 2.37. The first kappa shape index (κ1) is 13.1. The first-order valence-corrected chi connectivity index (χ1v) is 6.95. The number of benzene rings is 1. The van der Waals surface area contributed by atoms with Gasteiger partial charge in [-0.2, -0.15) is 0 Å². The summed E-state index contributed by atoms with van der Waals surface area (Å²) in [5, 5.41) is 3.28. The van der Waals surface area contributed by atoms with E-state index in [2.05, 4.69) is 15.3 Å². The van der Waals surface area contributed by atoms with Crippen molar-refractivity contribution in [2.75, 3.05) is 0 Å². The van der Waals surface area contributed by atoms with Crippen LogP contribution in [0.1, 0.15) is 40.5 Å². The van der Waals surface area contributed by atoms with Crippen molar-refractivity contribution in [3.63, 3.8) is 0 Å². The molecule has 1 heterocycles. The van der Waals surface area contributed by atoms with Crippen LogP contribution >= 0.6 is 11.6 Å². The molecule has 1 aromatic carbocycles. The Morgan fingerprint density at radius 1 is 1.30 bits per heavy atom. The molecule has 0 radical (unpaired) electrons. The Morgan fingerprint density at radius 3 is 2.85 bits per heavy atom. The average Bonchev–Trinajstić information content (AvgIpc) is 3.30. The van der Waals surface area contributed by atoms with Gasteiger partial charge in [0.05, 0.1) is 22.8 Å². The van der Waals surface area contributed by atoms with Crippen LogP contribution in [-0.4, -0.2) is 15.9 Å². The average molecular weight is 288 g/mol. The van der Waals surface area contributed by atoms with E-state index in [-0.39, 0.29) is 5.91 Å². The molecule has 1 aliphatic carbocycles. The summed E-state index contributed by atoms with van der Waals surface area (Å²) in [6, 6.07) is 8.95. The number of nitrogens with one attached hydrogen (secondary N) is 1. The van der Waals surface area contributed by atoms with Gasteiger partial charge in [-0.05, 0) is 31.0 Å². The standard InChI is InChI=1S/C15H14ClN3O/c16-13-4-2-1-3-12(13)15(20)17-8-11-7-14(10-5-6-10)19-9-18-11/h1-4,7,9-10H,5-6,8H2,(H,17,20).